The highest BCUT2D eigenvalue weighted by molar-refractivity contribution is 5.75. The van der Waals surface area contributed by atoms with E-state index in [0.29, 0.717) is 12.5 Å². The Labute approximate surface area is 159 Å². The maximum Gasteiger partial charge on any atom is 0.410 e. The van der Waals surface area contributed by atoms with Gasteiger partial charge in [0.25, 0.3) is 0 Å². The number of carboxylic acid groups (broad SMARTS) is 1. The molecule has 3 rings (SSSR count). The van der Waals surface area contributed by atoms with Gasteiger partial charge in [0, 0.05) is 19.0 Å². The van der Waals surface area contributed by atoms with Gasteiger partial charge in [0.15, 0.2) is 0 Å². The van der Waals surface area contributed by atoms with Crippen molar-refractivity contribution in [2.24, 2.45) is 5.92 Å². The van der Waals surface area contributed by atoms with Crippen LogP contribution in [0.1, 0.15) is 42.4 Å². The van der Waals surface area contributed by atoms with Gasteiger partial charge >= 0.3 is 12.1 Å². The number of benzene rings is 2. The first kappa shape index (κ1) is 19.0. The summed E-state index contributed by atoms with van der Waals surface area (Å²) in [5, 5.41) is 9.62. The van der Waals surface area contributed by atoms with Gasteiger partial charge in [-0.2, -0.15) is 0 Å². The molecule has 2 aromatic rings. The van der Waals surface area contributed by atoms with Crippen molar-refractivity contribution in [2.45, 2.75) is 32.3 Å². The van der Waals surface area contributed by atoms with Gasteiger partial charge in [0.1, 0.15) is 6.61 Å². The molecule has 5 nitrogen and oxygen atoms in total. The molecule has 1 N–H and O–H groups in total. The van der Waals surface area contributed by atoms with Crippen molar-refractivity contribution >= 4 is 12.1 Å². The van der Waals surface area contributed by atoms with Gasteiger partial charge in [-0.25, -0.2) is 4.79 Å². The maximum atomic E-state index is 12.4. The molecular weight excluding hydrogens is 342 g/mol. The molecule has 1 saturated heterocycles. The van der Waals surface area contributed by atoms with E-state index in [4.69, 9.17) is 4.74 Å². The van der Waals surface area contributed by atoms with Gasteiger partial charge in [0.05, 0.1) is 5.92 Å². The third-order valence-corrected chi connectivity index (χ3v) is 5.13. The van der Waals surface area contributed by atoms with Gasteiger partial charge < -0.3 is 14.7 Å². The molecule has 0 radical (unpaired) electrons. The summed E-state index contributed by atoms with van der Waals surface area (Å²) in [6.07, 6.45) is -0.466. The molecule has 0 bridgehead atoms. The number of hydrogen-bond acceptors (Lipinski definition) is 3. The lowest BCUT2D eigenvalue weighted by Crippen LogP contribution is -2.30. The highest BCUT2D eigenvalue weighted by Crippen LogP contribution is 2.34. The van der Waals surface area contributed by atoms with Crippen molar-refractivity contribution in [1.82, 2.24) is 4.90 Å². The van der Waals surface area contributed by atoms with Gasteiger partial charge in [0.2, 0.25) is 0 Å². The fourth-order valence-corrected chi connectivity index (χ4v) is 3.48. The Bertz CT molecular complexity index is 786. The normalized spacial score (nSPS) is 19.3. The Morgan fingerprint density at radius 3 is 2.33 bits per heavy atom. The predicted molar refractivity (Wildman–Crippen MR) is 103 cm³/mol. The third-order valence-electron chi connectivity index (χ3n) is 5.13. The zero-order valence-electron chi connectivity index (χ0n) is 15.7. The number of carbonyl (C=O) groups is 2. The van der Waals surface area contributed by atoms with Crippen LogP contribution in [0.2, 0.25) is 0 Å². The molecule has 1 aliphatic heterocycles. The minimum Gasteiger partial charge on any atom is -0.481 e. The van der Waals surface area contributed by atoms with E-state index in [1.165, 1.54) is 10.5 Å². The molecule has 1 aliphatic rings. The summed E-state index contributed by atoms with van der Waals surface area (Å²) in [5.74, 6) is -1.32. The van der Waals surface area contributed by atoms with Crippen LogP contribution in [0, 0.1) is 5.92 Å². The van der Waals surface area contributed by atoms with Crippen LogP contribution in [0.15, 0.2) is 54.6 Å². The Hall–Kier alpha value is -2.82. The quantitative estimate of drug-likeness (QED) is 0.858. The first-order chi connectivity index (χ1) is 13.0. The first-order valence-corrected chi connectivity index (χ1v) is 9.24. The van der Waals surface area contributed by atoms with Crippen molar-refractivity contribution in [1.29, 1.82) is 0 Å². The molecule has 142 valence electrons. The summed E-state index contributed by atoms with van der Waals surface area (Å²) < 4.78 is 5.37. The van der Waals surface area contributed by atoms with Gasteiger partial charge in [-0.15, -0.1) is 0 Å². The van der Waals surface area contributed by atoms with E-state index in [0.717, 1.165) is 11.1 Å². The number of amides is 1. The zero-order chi connectivity index (χ0) is 19.4. The van der Waals surface area contributed by atoms with E-state index < -0.39 is 18.0 Å². The second-order valence-electron chi connectivity index (χ2n) is 7.32. The predicted octanol–water partition coefficient (Wildman–Crippen LogP) is 4.25. The SMILES string of the molecule is CC(C)c1ccc([C@@H]2CN(C(=O)OCc3ccccc3)C[C@H]2C(=O)O)cc1. The Kier molecular flexibility index (Phi) is 5.79. The fourth-order valence-electron chi connectivity index (χ4n) is 3.48. The molecule has 0 aromatic heterocycles. The van der Waals surface area contributed by atoms with Gasteiger partial charge in [-0.3, -0.25) is 4.79 Å². The smallest absolute Gasteiger partial charge is 0.410 e. The lowest BCUT2D eigenvalue weighted by atomic mass is 9.88. The van der Waals surface area contributed by atoms with Crippen molar-refractivity contribution < 1.29 is 19.4 Å². The number of carboxylic acids is 1. The molecular formula is C22H25NO4. The highest BCUT2D eigenvalue weighted by atomic mass is 16.6. The molecule has 1 heterocycles. The van der Waals surface area contributed by atoms with Crippen molar-refractivity contribution in [2.75, 3.05) is 13.1 Å². The molecule has 5 heteroatoms. The number of aliphatic carboxylic acids is 1. The van der Waals surface area contributed by atoms with Crippen molar-refractivity contribution in [3.05, 3.63) is 71.3 Å². The first-order valence-electron chi connectivity index (χ1n) is 9.24. The summed E-state index contributed by atoms with van der Waals surface area (Å²) >= 11 is 0. The highest BCUT2D eigenvalue weighted by Gasteiger charge is 2.41. The molecule has 0 saturated carbocycles. The van der Waals surface area contributed by atoms with E-state index in [1.807, 2.05) is 54.6 Å². The Balaban J connectivity index is 1.68. The van der Waals surface area contributed by atoms with Crippen molar-refractivity contribution in [3.63, 3.8) is 0 Å². The number of ether oxygens (including phenoxy) is 1. The zero-order valence-corrected chi connectivity index (χ0v) is 15.7. The summed E-state index contributed by atoms with van der Waals surface area (Å²) in [6, 6.07) is 17.5. The molecule has 0 spiro atoms. The van der Waals surface area contributed by atoms with E-state index in [1.54, 1.807) is 0 Å². The van der Waals surface area contributed by atoms with Gasteiger partial charge in [-0.05, 0) is 22.6 Å². The monoisotopic (exact) mass is 367 g/mol. The van der Waals surface area contributed by atoms with E-state index >= 15 is 0 Å². The second-order valence-corrected chi connectivity index (χ2v) is 7.32. The maximum absolute atomic E-state index is 12.4. The molecule has 2 atom stereocenters. The van der Waals surface area contributed by atoms with Crippen molar-refractivity contribution in [3.8, 4) is 0 Å². The number of rotatable bonds is 5. The molecule has 0 unspecified atom stereocenters. The van der Waals surface area contributed by atoms with E-state index in [-0.39, 0.29) is 19.1 Å². The average molecular weight is 367 g/mol. The molecule has 2 aromatic carbocycles. The standard InChI is InChI=1S/C22H25NO4/c1-15(2)17-8-10-18(11-9-17)19-12-23(13-20(19)21(24)25)22(26)27-14-16-6-4-3-5-7-16/h3-11,15,19-20H,12-14H2,1-2H3,(H,24,25)/t19-,20+/m0/s1. The molecule has 1 amide bonds. The van der Waals surface area contributed by atoms with Crippen LogP contribution < -0.4 is 0 Å². The molecule has 27 heavy (non-hydrogen) atoms. The fraction of sp³-hybridized carbons (Fsp3) is 0.364. The van der Waals surface area contributed by atoms with Crippen LogP contribution in [0.3, 0.4) is 0 Å². The van der Waals surface area contributed by atoms with Crippen LogP contribution in [0.4, 0.5) is 4.79 Å². The lowest BCUT2D eigenvalue weighted by molar-refractivity contribution is -0.141. The average Bonchev–Trinajstić information content (AvgIpc) is 3.13. The minimum atomic E-state index is -0.883. The largest absolute Gasteiger partial charge is 0.481 e. The number of likely N-dealkylation sites (tertiary alicyclic amines) is 1. The van der Waals surface area contributed by atoms with Crippen LogP contribution in [-0.4, -0.2) is 35.2 Å². The summed E-state index contributed by atoms with van der Waals surface area (Å²) in [5.41, 5.74) is 3.06. The van der Waals surface area contributed by atoms with Gasteiger partial charge in [-0.1, -0.05) is 68.4 Å². The number of nitrogens with zero attached hydrogens (tertiary/aromatic N) is 1. The van der Waals surface area contributed by atoms with Crippen LogP contribution in [-0.2, 0) is 16.1 Å². The van der Waals surface area contributed by atoms with Crippen LogP contribution in [0.5, 0.6) is 0 Å². The van der Waals surface area contributed by atoms with E-state index in [2.05, 4.69) is 13.8 Å². The molecule has 1 fully saturated rings. The Morgan fingerprint density at radius 2 is 1.74 bits per heavy atom. The minimum absolute atomic E-state index is 0.166. The lowest BCUT2D eigenvalue weighted by Gasteiger charge is -2.17. The Morgan fingerprint density at radius 1 is 1.07 bits per heavy atom. The summed E-state index contributed by atoms with van der Waals surface area (Å²) in [4.78, 5) is 25.6. The summed E-state index contributed by atoms with van der Waals surface area (Å²) in [6.45, 7) is 4.94. The molecule has 0 aliphatic carbocycles. The number of carbonyl (C=O) groups excluding carboxylic acids is 1. The van der Waals surface area contributed by atoms with E-state index in [9.17, 15) is 14.7 Å². The van der Waals surface area contributed by atoms with Crippen LogP contribution in [0.25, 0.3) is 0 Å². The second kappa shape index (κ2) is 8.25. The third kappa shape index (κ3) is 4.48. The number of hydrogen-bond donors (Lipinski definition) is 1. The summed E-state index contributed by atoms with van der Waals surface area (Å²) in [7, 11) is 0. The van der Waals surface area contributed by atoms with Crippen LogP contribution >= 0.6 is 0 Å². The topological polar surface area (TPSA) is 66.8 Å².